The monoisotopic (exact) mass is 422 g/mol. The predicted octanol–water partition coefficient (Wildman–Crippen LogP) is 3.05. The van der Waals surface area contributed by atoms with E-state index in [1.54, 1.807) is 23.1 Å². The lowest BCUT2D eigenvalue weighted by molar-refractivity contribution is -0.117. The van der Waals surface area contributed by atoms with E-state index >= 15 is 0 Å². The van der Waals surface area contributed by atoms with Crippen molar-refractivity contribution in [3.05, 3.63) is 86.8 Å². The molecule has 0 fully saturated rings. The quantitative estimate of drug-likeness (QED) is 0.700. The molecular weight excluding hydrogens is 404 g/mol. The van der Waals surface area contributed by atoms with Crippen LogP contribution in [0.25, 0.3) is 0 Å². The zero-order chi connectivity index (χ0) is 21.3. The standard InChI is InChI=1S/C22H19ClN4O3/c1-14-6-7-16(23)12-18(14)24-20(28)13-27-21(29)9-8-17(25-27)22(30)26-11-10-15-4-2-3-5-19(15)26/h2-9,12H,10-11,13H2,1H3,(H,24,28). The molecule has 0 atom stereocenters. The van der Waals surface area contributed by atoms with Crippen LogP contribution >= 0.6 is 11.6 Å². The Hall–Kier alpha value is -3.45. The number of carbonyl (C=O) groups is 2. The third-order valence-electron chi connectivity index (χ3n) is 4.99. The number of aromatic nitrogens is 2. The van der Waals surface area contributed by atoms with Crippen LogP contribution in [0.2, 0.25) is 5.02 Å². The lowest BCUT2D eigenvalue weighted by Gasteiger charge is -2.17. The summed E-state index contributed by atoms with van der Waals surface area (Å²) < 4.78 is 0.990. The van der Waals surface area contributed by atoms with Gasteiger partial charge in [0, 0.05) is 29.0 Å². The predicted molar refractivity (Wildman–Crippen MR) is 115 cm³/mol. The van der Waals surface area contributed by atoms with Gasteiger partial charge in [-0.3, -0.25) is 14.4 Å². The van der Waals surface area contributed by atoms with Crippen LogP contribution in [0.15, 0.2) is 59.4 Å². The number of benzene rings is 2. The van der Waals surface area contributed by atoms with Crippen molar-refractivity contribution in [1.29, 1.82) is 0 Å². The highest BCUT2D eigenvalue weighted by Crippen LogP contribution is 2.28. The largest absolute Gasteiger partial charge is 0.324 e. The van der Waals surface area contributed by atoms with Crippen molar-refractivity contribution in [2.75, 3.05) is 16.8 Å². The molecule has 8 heteroatoms. The lowest BCUT2D eigenvalue weighted by Crippen LogP contribution is -2.34. The molecule has 0 saturated heterocycles. The highest BCUT2D eigenvalue weighted by molar-refractivity contribution is 6.31. The van der Waals surface area contributed by atoms with Crippen LogP contribution in [-0.2, 0) is 17.8 Å². The van der Waals surface area contributed by atoms with Gasteiger partial charge < -0.3 is 10.2 Å². The van der Waals surface area contributed by atoms with E-state index in [9.17, 15) is 14.4 Å². The summed E-state index contributed by atoms with van der Waals surface area (Å²) in [5, 5.41) is 7.35. The second-order valence-corrected chi connectivity index (χ2v) is 7.49. The maximum atomic E-state index is 13.0. The molecule has 152 valence electrons. The van der Waals surface area contributed by atoms with Gasteiger partial charge in [-0.05, 0) is 48.7 Å². The third-order valence-corrected chi connectivity index (χ3v) is 5.22. The van der Waals surface area contributed by atoms with Gasteiger partial charge in [0.25, 0.3) is 11.5 Å². The Labute approximate surface area is 177 Å². The molecule has 1 aliphatic rings. The Bertz CT molecular complexity index is 1200. The summed E-state index contributed by atoms with van der Waals surface area (Å²) in [6, 6.07) is 15.5. The van der Waals surface area contributed by atoms with E-state index in [0.29, 0.717) is 17.3 Å². The molecule has 7 nitrogen and oxygen atoms in total. The minimum atomic E-state index is -0.466. The Balaban J connectivity index is 1.54. The lowest BCUT2D eigenvalue weighted by atomic mass is 10.2. The van der Waals surface area contributed by atoms with Crippen molar-refractivity contribution < 1.29 is 9.59 Å². The van der Waals surface area contributed by atoms with Crippen LogP contribution in [-0.4, -0.2) is 28.1 Å². The molecule has 0 saturated carbocycles. The van der Waals surface area contributed by atoms with E-state index < -0.39 is 11.5 Å². The van der Waals surface area contributed by atoms with E-state index in [1.165, 1.54) is 12.1 Å². The fourth-order valence-corrected chi connectivity index (χ4v) is 3.59. The Morgan fingerprint density at radius 2 is 1.93 bits per heavy atom. The van der Waals surface area contributed by atoms with Crippen molar-refractivity contribution in [1.82, 2.24) is 9.78 Å². The van der Waals surface area contributed by atoms with Gasteiger partial charge in [-0.25, -0.2) is 4.68 Å². The highest BCUT2D eigenvalue weighted by atomic mass is 35.5. The minimum Gasteiger partial charge on any atom is -0.324 e. The topological polar surface area (TPSA) is 84.3 Å². The van der Waals surface area contributed by atoms with Crippen LogP contribution < -0.4 is 15.8 Å². The number of nitrogens with zero attached hydrogens (tertiary/aromatic N) is 3. The van der Waals surface area contributed by atoms with E-state index in [4.69, 9.17) is 11.6 Å². The molecular formula is C22H19ClN4O3. The second kappa shape index (κ2) is 8.12. The number of hydrogen-bond acceptors (Lipinski definition) is 4. The Morgan fingerprint density at radius 1 is 1.13 bits per heavy atom. The van der Waals surface area contributed by atoms with E-state index in [-0.39, 0.29) is 18.1 Å². The zero-order valence-corrected chi connectivity index (χ0v) is 17.0. The summed E-state index contributed by atoms with van der Waals surface area (Å²) in [7, 11) is 0. The number of aryl methyl sites for hydroxylation is 1. The first-order valence-electron chi connectivity index (χ1n) is 9.46. The summed E-state index contributed by atoms with van der Waals surface area (Å²) in [5.41, 5.74) is 2.97. The molecule has 4 rings (SSSR count). The summed E-state index contributed by atoms with van der Waals surface area (Å²) in [6.07, 6.45) is 0.767. The average Bonchev–Trinajstić information content (AvgIpc) is 3.16. The molecule has 1 aliphatic heterocycles. The van der Waals surface area contributed by atoms with E-state index in [2.05, 4.69) is 10.4 Å². The number of para-hydroxylation sites is 1. The molecule has 2 heterocycles. The molecule has 1 N–H and O–H groups in total. The van der Waals surface area contributed by atoms with E-state index in [1.807, 2.05) is 31.2 Å². The Morgan fingerprint density at radius 3 is 2.77 bits per heavy atom. The fourth-order valence-electron chi connectivity index (χ4n) is 3.42. The number of rotatable bonds is 4. The zero-order valence-electron chi connectivity index (χ0n) is 16.3. The van der Waals surface area contributed by atoms with Crippen molar-refractivity contribution in [3.8, 4) is 0 Å². The first-order chi connectivity index (χ1) is 14.4. The number of halogens is 1. The van der Waals surface area contributed by atoms with Crippen molar-refractivity contribution in [3.63, 3.8) is 0 Å². The van der Waals surface area contributed by atoms with Gasteiger partial charge in [0.1, 0.15) is 12.2 Å². The van der Waals surface area contributed by atoms with Gasteiger partial charge in [-0.1, -0.05) is 35.9 Å². The normalized spacial score (nSPS) is 12.5. The van der Waals surface area contributed by atoms with Gasteiger partial charge >= 0.3 is 0 Å². The maximum Gasteiger partial charge on any atom is 0.278 e. The van der Waals surface area contributed by atoms with Gasteiger partial charge in [0.15, 0.2) is 0 Å². The highest BCUT2D eigenvalue weighted by Gasteiger charge is 2.26. The molecule has 0 bridgehead atoms. The molecule has 0 unspecified atom stereocenters. The second-order valence-electron chi connectivity index (χ2n) is 7.06. The van der Waals surface area contributed by atoms with Gasteiger partial charge in [0.2, 0.25) is 5.91 Å². The van der Waals surface area contributed by atoms with Crippen LogP contribution in [0.4, 0.5) is 11.4 Å². The summed E-state index contributed by atoms with van der Waals surface area (Å²) in [6.45, 7) is 2.07. The molecule has 0 aliphatic carbocycles. The number of hydrogen-bond donors (Lipinski definition) is 1. The number of fused-ring (bicyclic) bond motifs is 1. The van der Waals surface area contributed by atoms with Gasteiger partial charge in [0.05, 0.1) is 0 Å². The fraction of sp³-hybridized carbons (Fsp3) is 0.182. The average molecular weight is 423 g/mol. The number of carbonyl (C=O) groups excluding carboxylic acids is 2. The van der Waals surface area contributed by atoms with Crippen molar-refractivity contribution in [2.24, 2.45) is 0 Å². The van der Waals surface area contributed by atoms with E-state index in [0.717, 1.165) is 27.9 Å². The number of amides is 2. The van der Waals surface area contributed by atoms with Gasteiger partial charge in [-0.15, -0.1) is 0 Å². The number of nitrogens with one attached hydrogen (secondary N) is 1. The molecule has 3 aromatic rings. The van der Waals surface area contributed by atoms with Crippen LogP contribution in [0.3, 0.4) is 0 Å². The van der Waals surface area contributed by atoms with Crippen LogP contribution in [0.1, 0.15) is 21.6 Å². The summed E-state index contributed by atoms with van der Waals surface area (Å²) in [5.74, 6) is -0.745. The molecule has 1 aromatic heterocycles. The molecule has 2 amide bonds. The molecule has 30 heavy (non-hydrogen) atoms. The van der Waals surface area contributed by atoms with Gasteiger partial charge in [-0.2, -0.15) is 5.10 Å². The maximum absolute atomic E-state index is 13.0. The Kier molecular flexibility index (Phi) is 5.37. The molecule has 0 spiro atoms. The first kappa shape index (κ1) is 19.8. The first-order valence-corrected chi connectivity index (χ1v) is 9.84. The smallest absolute Gasteiger partial charge is 0.278 e. The minimum absolute atomic E-state index is 0.109. The molecule has 0 radical (unpaired) electrons. The summed E-state index contributed by atoms with van der Waals surface area (Å²) >= 11 is 5.98. The number of anilines is 2. The third kappa shape index (κ3) is 3.97. The SMILES string of the molecule is Cc1ccc(Cl)cc1NC(=O)Cn1nc(C(=O)N2CCc3ccccc32)ccc1=O. The van der Waals surface area contributed by atoms with Crippen LogP contribution in [0, 0.1) is 6.92 Å². The van der Waals surface area contributed by atoms with Crippen molar-refractivity contribution >= 4 is 34.8 Å². The summed E-state index contributed by atoms with van der Waals surface area (Å²) in [4.78, 5) is 39.3. The molecule has 2 aromatic carbocycles. The van der Waals surface area contributed by atoms with Crippen molar-refractivity contribution in [2.45, 2.75) is 19.9 Å². The van der Waals surface area contributed by atoms with Crippen LogP contribution in [0.5, 0.6) is 0 Å².